The van der Waals surface area contributed by atoms with Crippen LogP contribution in [0.15, 0.2) is 60.3 Å². The molecule has 0 aliphatic carbocycles. The highest BCUT2D eigenvalue weighted by Crippen LogP contribution is 2.22. The lowest BCUT2D eigenvalue weighted by atomic mass is 9.92. The van der Waals surface area contributed by atoms with Gasteiger partial charge in [0.15, 0.2) is 5.84 Å². The van der Waals surface area contributed by atoms with Crippen LogP contribution in [-0.4, -0.2) is 61.0 Å². The molecule has 1 aliphatic heterocycles. The van der Waals surface area contributed by atoms with Crippen molar-refractivity contribution in [1.29, 1.82) is 0 Å². The molecule has 0 bridgehead atoms. The molecule has 6 N–H and O–H groups in total. The van der Waals surface area contributed by atoms with E-state index in [0.29, 0.717) is 17.9 Å². The smallest absolute Gasteiger partial charge is 0.170 e. The lowest BCUT2D eigenvalue weighted by Crippen LogP contribution is -2.35. The summed E-state index contributed by atoms with van der Waals surface area (Å²) in [5.74, 6) is 2.56. The maximum atomic E-state index is 8.71. The van der Waals surface area contributed by atoms with Crippen LogP contribution in [0.4, 0.5) is 0 Å². The largest absolute Gasteiger partial charge is 0.494 e. The Bertz CT molecular complexity index is 892. The molecule has 35 heavy (non-hydrogen) atoms. The van der Waals surface area contributed by atoms with Gasteiger partial charge in [0.05, 0.1) is 13.2 Å². The average molecular weight is 485 g/mol. The number of benzene rings is 2. The monoisotopic (exact) mass is 484 g/mol. The number of rotatable bonds is 12. The Hall–Kier alpha value is -3.23. The zero-order chi connectivity index (χ0) is 25.5. The second kappa shape index (κ2) is 15.6. The van der Waals surface area contributed by atoms with E-state index in [-0.39, 0.29) is 5.84 Å². The maximum Gasteiger partial charge on any atom is 0.170 e. The predicted octanol–water partition coefficient (Wildman–Crippen LogP) is 3.66. The Morgan fingerprint density at radius 1 is 0.914 bits per heavy atom. The Labute approximate surface area is 208 Å². The van der Waals surface area contributed by atoms with Gasteiger partial charge < -0.3 is 36.2 Å². The van der Waals surface area contributed by atoms with Crippen molar-refractivity contribution in [2.45, 2.75) is 32.1 Å². The van der Waals surface area contributed by atoms with Gasteiger partial charge in [-0.05, 0) is 105 Å². The summed E-state index contributed by atoms with van der Waals surface area (Å²) >= 11 is 0. The van der Waals surface area contributed by atoms with Crippen molar-refractivity contribution >= 4 is 11.5 Å². The topological polar surface area (TPSA) is 127 Å². The van der Waals surface area contributed by atoms with Crippen molar-refractivity contribution in [3.05, 3.63) is 66.2 Å². The van der Waals surface area contributed by atoms with Crippen LogP contribution in [0.2, 0.25) is 0 Å². The minimum Gasteiger partial charge on any atom is -0.494 e. The molecule has 1 fully saturated rings. The number of ether oxygens (including phenoxy) is 2. The van der Waals surface area contributed by atoms with Crippen molar-refractivity contribution in [3.8, 4) is 11.5 Å². The zero-order valence-corrected chi connectivity index (χ0v) is 20.7. The summed E-state index contributed by atoms with van der Waals surface area (Å²) in [7, 11) is 1.00. The average Bonchev–Trinajstić information content (AvgIpc) is 2.91. The van der Waals surface area contributed by atoms with E-state index in [1.54, 1.807) is 12.1 Å². The molecule has 0 amide bonds. The van der Waals surface area contributed by atoms with Crippen LogP contribution in [0.25, 0.3) is 5.70 Å². The third-order valence-corrected chi connectivity index (χ3v) is 6.10. The Morgan fingerprint density at radius 3 is 1.94 bits per heavy atom. The molecule has 3 rings (SSSR count). The van der Waals surface area contributed by atoms with Gasteiger partial charge in [-0.25, -0.2) is 0 Å². The highest BCUT2D eigenvalue weighted by atomic mass is 16.5. The van der Waals surface area contributed by atoms with Gasteiger partial charge in [-0.15, -0.1) is 0 Å². The van der Waals surface area contributed by atoms with Gasteiger partial charge in [-0.1, -0.05) is 11.7 Å². The summed E-state index contributed by atoms with van der Waals surface area (Å²) in [6.07, 6.45) is 5.78. The third kappa shape index (κ3) is 9.88. The molecule has 2 aromatic rings. The van der Waals surface area contributed by atoms with Crippen LogP contribution in [-0.2, 0) is 0 Å². The van der Waals surface area contributed by atoms with Gasteiger partial charge >= 0.3 is 0 Å². The quantitative estimate of drug-likeness (QED) is 0.119. The summed E-state index contributed by atoms with van der Waals surface area (Å²) in [6, 6.07) is 15.0. The molecule has 0 atom stereocenters. The van der Waals surface area contributed by atoms with Crippen molar-refractivity contribution in [3.63, 3.8) is 0 Å². The summed E-state index contributed by atoms with van der Waals surface area (Å²) < 4.78 is 11.7. The van der Waals surface area contributed by atoms with Gasteiger partial charge in [0.2, 0.25) is 0 Å². The number of nitrogens with two attached hydrogens (primary N) is 2. The molecule has 1 aliphatic rings. The minimum absolute atomic E-state index is 0.102. The van der Waals surface area contributed by atoms with E-state index in [9.17, 15) is 0 Å². The van der Waals surface area contributed by atoms with Crippen LogP contribution in [0.5, 0.6) is 11.5 Å². The first kappa shape index (κ1) is 28.0. The van der Waals surface area contributed by atoms with E-state index in [1.165, 1.54) is 19.3 Å². The number of piperidine rings is 1. The van der Waals surface area contributed by atoms with E-state index < -0.39 is 0 Å². The van der Waals surface area contributed by atoms with Crippen LogP contribution in [0.1, 0.15) is 43.2 Å². The summed E-state index contributed by atoms with van der Waals surface area (Å²) in [6.45, 7) is 8.57. The molecule has 0 aromatic heterocycles. The molecule has 0 unspecified atom stereocenters. The number of hydrogen-bond acceptors (Lipinski definition) is 7. The highest BCUT2D eigenvalue weighted by molar-refractivity contribution is 5.97. The highest BCUT2D eigenvalue weighted by Gasteiger charge is 2.18. The minimum atomic E-state index is 0.102. The van der Waals surface area contributed by atoms with Crippen LogP contribution >= 0.6 is 0 Å². The Kier molecular flexibility index (Phi) is 12.5. The second-order valence-corrected chi connectivity index (χ2v) is 8.54. The molecule has 0 saturated carbocycles. The van der Waals surface area contributed by atoms with Crippen LogP contribution in [0.3, 0.4) is 0 Å². The molecule has 192 valence electrons. The van der Waals surface area contributed by atoms with Gasteiger partial charge in [-0.3, -0.25) is 0 Å². The predicted molar refractivity (Wildman–Crippen MR) is 141 cm³/mol. The number of amidine groups is 1. The summed E-state index contributed by atoms with van der Waals surface area (Å²) in [5.41, 5.74) is 13.5. The number of aliphatic hydroxyl groups excluding tert-OH is 1. The first-order valence-corrected chi connectivity index (χ1v) is 12.1. The lowest BCUT2D eigenvalue weighted by molar-refractivity contribution is 0.161. The Morgan fingerprint density at radius 2 is 1.43 bits per heavy atom. The Balaban J connectivity index is 0.00000210. The normalized spacial score (nSPS) is 14.6. The van der Waals surface area contributed by atoms with Gasteiger partial charge in [0.25, 0.3) is 0 Å². The van der Waals surface area contributed by atoms with E-state index in [0.717, 1.165) is 69.2 Å². The number of likely N-dealkylation sites (tertiary alicyclic amines) is 1. The standard InChI is InChI=1S/C26H36N4O3.CH4O/c1-20(27)22-5-9-24(10-6-22)33-19-3-15-30-16-13-21(14-17-30)4-2-18-32-25-11-7-23(8-12-25)26(28)29-31;1-2/h5-12,21,31H,1-4,13-19,27H2,(H2,28,29);2H,1H3. The van der Waals surface area contributed by atoms with E-state index in [4.69, 9.17) is 31.3 Å². The number of aliphatic hydroxyl groups is 1. The maximum absolute atomic E-state index is 8.71. The van der Waals surface area contributed by atoms with E-state index in [1.807, 2.05) is 36.4 Å². The molecule has 2 aromatic carbocycles. The van der Waals surface area contributed by atoms with Crippen molar-refractivity contribution < 1.29 is 19.8 Å². The molecule has 8 nitrogen and oxygen atoms in total. The fourth-order valence-corrected chi connectivity index (χ4v) is 4.08. The van der Waals surface area contributed by atoms with E-state index >= 15 is 0 Å². The SMILES string of the molecule is C=C(N)c1ccc(OCCCN2CCC(CCCOc3ccc(/C(N)=N/O)cc3)CC2)cc1.CO. The number of oxime groups is 1. The van der Waals surface area contributed by atoms with Crippen molar-refractivity contribution in [1.82, 2.24) is 4.90 Å². The fourth-order valence-electron chi connectivity index (χ4n) is 4.08. The fraction of sp³-hybridized carbons (Fsp3) is 0.444. The van der Waals surface area contributed by atoms with Gasteiger partial charge in [-0.2, -0.15) is 0 Å². The van der Waals surface area contributed by atoms with Crippen molar-refractivity contribution in [2.75, 3.05) is 40.0 Å². The van der Waals surface area contributed by atoms with E-state index in [2.05, 4.69) is 16.6 Å². The first-order valence-electron chi connectivity index (χ1n) is 12.1. The molecule has 8 heteroatoms. The third-order valence-electron chi connectivity index (χ3n) is 6.10. The van der Waals surface area contributed by atoms with Gasteiger partial charge in [0, 0.05) is 24.9 Å². The molecular formula is C27H40N4O4. The van der Waals surface area contributed by atoms with Crippen molar-refractivity contribution in [2.24, 2.45) is 22.5 Å². The molecule has 0 radical (unpaired) electrons. The zero-order valence-electron chi connectivity index (χ0n) is 20.7. The second-order valence-electron chi connectivity index (χ2n) is 8.54. The molecule has 1 heterocycles. The molecular weight excluding hydrogens is 444 g/mol. The lowest BCUT2D eigenvalue weighted by Gasteiger charge is -2.32. The number of hydrogen-bond donors (Lipinski definition) is 4. The summed E-state index contributed by atoms with van der Waals surface area (Å²) in [5, 5.41) is 18.7. The molecule has 1 saturated heterocycles. The number of nitrogens with zero attached hydrogens (tertiary/aromatic N) is 2. The van der Waals surface area contributed by atoms with Gasteiger partial charge in [0.1, 0.15) is 11.5 Å². The summed E-state index contributed by atoms with van der Waals surface area (Å²) in [4.78, 5) is 2.54. The first-order chi connectivity index (χ1) is 17.0. The molecule has 0 spiro atoms. The van der Waals surface area contributed by atoms with Crippen LogP contribution in [0, 0.1) is 5.92 Å². The van der Waals surface area contributed by atoms with Crippen LogP contribution < -0.4 is 20.9 Å².